The molecule has 0 bridgehead atoms. The van der Waals surface area contributed by atoms with Crippen molar-refractivity contribution in [2.75, 3.05) is 0 Å². The molecule has 0 aliphatic rings. The Bertz CT molecular complexity index is 76.1. The van der Waals surface area contributed by atoms with Gasteiger partial charge in [-0.2, -0.15) is 0 Å². The lowest BCUT2D eigenvalue weighted by atomic mass is 9.86. The highest BCUT2D eigenvalue weighted by Crippen LogP contribution is 2.23. The second-order valence-electron chi connectivity index (χ2n) is 3.70. The van der Waals surface area contributed by atoms with Crippen molar-refractivity contribution in [1.29, 1.82) is 0 Å². The van der Waals surface area contributed by atoms with Crippen molar-refractivity contribution in [1.82, 2.24) is 0 Å². The highest BCUT2D eigenvalue weighted by molar-refractivity contribution is 4.63. The molecule has 0 aromatic heterocycles. The average Bonchev–Trinajstić information content (AvgIpc) is 2.05. The minimum atomic E-state index is 0.937. The predicted molar refractivity (Wildman–Crippen MR) is 52.8 cm³/mol. The van der Waals surface area contributed by atoms with Crippen LogP contribution >= 0.6 is 0 Å². The smallest absolute Gasteiger partial charge is 0.0391 e. The fraction of sp³-hybridized carbons (Fsp3) is 1.00. The van der Waals surface area contributed by atoms with Crippen LogP contribution in [0.4, 0.5) is 0 Å². The molecule has 0 saturated heterocycles. The van der Waals surface area contributed by atoms with Gasteiger partial charge in [-0.25, -0.2) is 0 Å². The molecule has 0 fully saturated rings. The quantitative estimate of drug-likeness (QED) is 0.539. The third-order valence-corrected chi connectivity index (χ3v) is 2.90. The zero-order valence-corrected chi connectivity index (χ0v) is 8.69. The molecule has 0 aromatic rings. The van der Waals surface area contributed by atoms with Crippen LogP contribution in [-0.2, 0) is 0 Å². The van der Waals surface area contributed by atoms with Crippen LogP contribution in [0.1, 0.15) is 59.8 Å². The summed E-state index contributed by atoms with van der Waals surface area (Å²) in [5.41, 5.74) is 0. The van der Waals surface area contributed by atoms with Crippen molar-refractivity contribution >= 4 is 0 Å². The van der Waals surface area contributed by atoms with Gasteiger partial charge in [0.2, 0.25) is 0 Å². The molecule has 0 aliphatic heterocycles. The van der Waals surface area contributed by atoms with Crippen LogP contribution in [0.5, 0.6) is 0 Å². The first kappa shape index (κ1) is 11.0. The molecule has 0 heterocycles. The Morgan fingerprint density at radius 3 is 2.00 bits per heavy atom. The standard InChI is InChI=1S/C11H24/c1-5-8-9-11(7-3)10(4)6-2/h10-11H,5-9H2,1-4H3. The molecule has 2 atom stereocenters. The monoisotopic (exact) mass is 156 g/mol. The van der Waals surface area contributed by atoms with Gasteiger partial charge in [-0.15, -0.1) is 0 Å². The fourth-order valence-corrected chi connectivity index (χ4v) is 1.69. The molecule has 0 amide bonds. The zero-order valence-electron chi connectivity index (χ0n) is 8.69. The summed E-state index contributed by atoms with van der Waals surface area (Å²) in [7, 11) is 0. The van der Waals surface area contributed by atoms with Crippen molar-refractivity contribution < 1.29 is 0 Å². The Morgan fingerprint density at radius 2 is 1.64 bits per heavy atom. The van der Waals surface area contributed by atoms with E-state index in [1.54, 1.807) is 0 Å². The number of hydrogen-bond acceptors (Lipinski definition) is 0. The molecule has 0 rings (SSSR count). The minimum absolute atomic E-state index is 0.937. The lowest BCUT2D eigenvalue weighted by Crippen LogP contribution is -2.09. The van der Waals surface area contributed by atoms with E-state index in [0.29, 0.717) is 0 Å². The third-order valence-electron chi connectivity index (χ3n) is 2.90. The minimum Gasteiger partial charge on any atom is -0.0654 e. The van der Waals surface area contributed by atoms with E-state index in [0.717, 1.165) is 11.8 Å². The molecule has 0 heteroatoms. The first-order valence-electron chi connectivity index (χ1n) is 5.26. The van der Waals surface area contributed by atoms with Gasteiger partial charge in [0.1, 0.15) is 0 Å². The van der Waals surface area contributed by atoms with Gasteiger partial charge in [0.25, 0.3) is 0 Å². The van der Waals surface area contributed by atoms with Gasteiger partial charge >= 0.3 is 0 Å². The molecule has 0 nitrogen and oxygen atoms in total. The second kappa shape index (κ2) is 6.69. The van der Waals surface area contributed by atoms with Crippen LogP contribution in [-0.4, -0.2) is 0 Å². The lowest BCUT2D eigenvalue weighted by molar-refractivity contribution is 0.310. The molecule has 0 radical (unpaired) electrons. The van der Waals surface area contributed by atoms with E-state index in [1.807, 2.05) is 0 Å². The zero-order chi connectivity index (χ0) is 8.69. The summed E-state index contributed by atoms with van der Waals surface area (Å²) < 4.78 is 0. The summed E-state index contributed by atoms with van der Waals surface area (Å²) in [4.78, 5) is 0. The van der Waals surface area contributed by atoms with E-state index >= 15 is 0 Å². The average molecular weight is 156 g/mol. The highest BCUT2D eigenvalue weighted by atomic mass is 14.2. The molecule has 0 N–H and O–H groups in total. The molecular weight excluding hydrogens is 132 g/mol. The Labute approximate surface area is 72.4 Å². The second-order valence-corrected chi connectivity index (χ2v) is 3.70. The third kappa shape index (κ3) is 4.44. The van der Waals surface area contributed by atoms with Gasteiger partial charge in [0.05, 0.1) is 0 Å². The van der Waals surface area contributed by atoms with Crippen LogP contribution in [0.25, 0.3) is 0 Å². The topological polar surface area (TPSA) is 0 Å². The largest absolute Gasteiger partial charge is 0.0654 e. The van der Waals surface area contributed by atoms with Crippen LogP contribution in [0.15, 0.2) is 0 Å². The Balaban J connectivity index is 3.56. The van der Waals surface area contributed by atoms with Gasteiger partial charge in [-0.1, -0.05) is 59.8 Å². The van der Waals surface area contributed by atoms with E-state index in [1.165, 1.54) is 32.1 Å². The van der Waals surface area contributed by atoms with Gasteiger partial charge in [0.15, 0.2) is 0 Å². The van der Waals surface area contributed by atoms with E-state index in [9.17, 15) is 0 Å². The summed E-state index contributed by atoms with van der Waals surface area (Å²) in [6, 6.07) is 0. The summed E-state index contributed by atoms with van der Waals surface area (Å²) in [5.74, 6) is 1.92. The molecule has 0 aliphatic carbocycles. The Kier molecular flexibility index (Phi) is 6.69. The summed E-state index contributed by atoms with van der Waals surface area (Å²) in [5, 5.41) is 0. The van der Waals surface area contributed by atoms with E-state index in [2.05, 4.69) is 27.7 Å². The van der Waals surface area contributed by atoms with E-state index in [4.69, 9.17) is 0 Å². The van der Waals surface area contributed by atoms with E-state index in [-0.39, 0.29) is 0 Å². The normalized spacial score (nSPS) is 16.4. The summed E-state index contributed by atoms with van der Waals surface area (Å²) in [6.45, 7) is 9.30. The lowest BCUT2D eigenvalue weighted by Gasteiger charge is -2.20. The van der Waals surface area contributed by atoms with Crippen LogP contribution in [0.3, 0.4) is 0 Å². The maximum Gasteiger partial charge on any atom is -0.0391 e. The molecule has 68 valence electrons. The van der Waals surface area contributed by atoms with Crippen molar-refractivity contribution in [2.24, 2.45) is 11.8 Å². The van der Waals surface area contributed by atoms with Gasteiger partial charge in [0, 0.05) is 0 Å². The first-order valence-corrected chi connectivity index (χ1v) is 5.26. The SMILES string of the molecule is CCCCC(CC)C(C)CC. The van der Waals surface area contributed by atoms with E-state index < -0.39 is 0 Å². The maximum absolute atomic E-state index is 2.39. The van der Waals surface area contributed by atoms with Crippen LogP contribution in [0, 0.1) is 11.8 Å². The Hall–Kier alpha value is 0. The number of unbranched alkanes of at least 4 members (excludes halogenated alkanes) is 1. The predicted octanol–water partition coefficient (Wildman–Crippen LogP) is 4.25. The maximum atomic E-state index is 2.39. The number of rotatable bonds is 6. The first-order chi connectivity index (χ1) is 5.26. The molecule has 0 spiro atoms. The molecule has 2 unspecified atom stereocenters. The van der Waals surface area contributed by atoms with Crippen molar-refractivity contribution in [3.05, 3.63) is 0 Å². The Morgan fingerprint density at radius 1 is 1.00 bits per heavy atom. The van der Waals surface area contributed by atoms with Crippen LogP contribution in [0.2, 0.25) is 0 Å². The van der Waals surface area contributed by atoms with Crippen molar-refractivity contribution in [2.45, 2.75) is 59.8 Å². The van der Waals surface area contributed by atoms with Gasteiger partial charge in [-0.3, -0.25) is 0 Å². The summed E-state index contributed by atoms with van der Waals surface area (Å²) >= 11 is 0. The highest BCUT2D eigenvalue weighted by Gasteiger charge is 2.11. The summed E-state index contributed by atoms with van der Waals surface area (Å²) in [6.07, 6.45) is 6.94. The molecular formula is C11H24. The van der Waals surface area contributed by atoms with Crippen molar-refractivity contribution in [3.63, 3.8) is 0 Å². The van der Waals surface area contributed by atoms with Gasteiger partial charge < -0.3 is 0 Å². The number of hydrogen-bond donors (Lipinski definition) is 0. The molecule has 0 aromatic carbocycles. The fourth-order valence-electron chi connectivity index (χ4n) is 1.69. The van der Waals surface area contributed by atoms with Gasteiger partial charge in [-0.05, 0) is 11.8 Å². The molecule has 11 heavy (non-hydrogen) atoms. The molecule has 0 saturated carbocycles. The van der Waals surface area contributed by atoms with Crippen LogP contribution < -0.4 is 0 Å². The van der Waals surface area contributed by atoms with Crippen molar-refractivity contribution in [3.8, 4) is 0 Å².